The summed E-state index contributed by atoms with van der Waals surface area (Å²) in [5.74, 6) is -0.353. The number of fused-ring (bicyclic) bond motifs is 2. The van der Waals surface area contributed by atoms with Gasteiger partial charge in [-0.05, 0) is 55.2 Å². The molecule has 26 heavy (non-hydrogen) atoms. The Morgan fingerprint density at radius 1 is 1.19 bits per heavy atom. The summed E-state index contributed by atoms with van der Waals surface area (Å²) in [7, 11) is -3.77. The Hall–Kier alpha value is -2.49. The number of sulfonamides is 1. The van der Waals surface area contributed by atoms with Crippen LogP contribution in [-0.2, 0) is 22.9 Å². The predicted molar refractivity (Wildman–Crippen MR) is 102 cm³/mol. The van der Waals surface area contributed by atoms with Crippen molar-refractivity contribution >= 4 is 48.9 Å². The number of anilines is 2. The van der Waals surface area contributed by atoms with Crippen molar-refractivity contribution in [2.75, 3.05) is 11.1 Å². The van der Waals surface area contributed by atoms with Crippen molar-refractivity contribution in [2.24, 2.45) is 5.14 Å². The second-order valence-corrected chi connectivity index (χ2v) is 8.73. The molecule has 1 amide bonds. The number of primary sulfonamides is 1. The van der Waals surface area contributed by atoms with E-state index in [9.17, 15) is 13.2 Å². The standard InChI is InChI=1S/C17H16N4O3S2/c18-14-12-8-9-2-1-3-13(9)21-17(12)25-15(14)16(22)20-10-4-6-11(7-5-10)26(19,23)24/h4-8H,1-3,18H2,(H,20,22)(H2,19,23,24). The molecule has 0 saturated heterocycles. The van der Waals surface area contributed by atoms with Crippen LogP contribution < -0.4 is 16.2 Å². The first-order chi connectivity index (χ1) is 12.3. The fraction of sp³-hybridized carbons (Fsp3) is 0.176. The van der Waals surface area contributed by atoms with Gasteiger partial charge in [-0.2, -0.15) is 0 Å². The third-order valence-electron chi connectivity index (χ3n) is 4.40. The number of aryl methyl sites for hydroxylation is 2. The zero-order valence-electron chi connectivity index (χ0n) is 13.7. The third kappa shape index (κ3) is 2.94. The Morgan fingerprint density at radius 3 is 2.62 bits per heavy atom. The summed E-state index contributed by atoms with van der Waals surface area (Å²) in [4.78, 5) is 18.4. The van der Waals surface area contributed by atoms with Crippen molar-refractivity contribution in [1.29, 1.82) is 0 Å². The maximum atomic E-state index is 12.6. The average Bonchev–Trinajstić information content (AvgIpc) is 3.17. The van der Waals surface area contributed by atoms with Gasteiger partial charge in [-0.25, -0.2) is 18.5 Å². The molecule has 0 atom stereocenters. The summed E-state index contributed by atoms with van der Waals surface area (Å²) >= 11 is 1.26. The Kier molecular flexibility index (Phi) is 3.94. The van der Waals surface area contributed by atoms with Crippen LogP contribution in [0.15, 0.2) is 35.2 Å². The first-order valence-corrected chi connectivity index (χ1v) is 10.3. The molecule has 134 valence electrons. The summed E-state index contributed by atoms with van der Waals surface area (Å²) < 4.78 is 22.6. The highest BCUT2D eigenvalue weighted by atomic mass is 32.2. The molecule has 1 aliphatic carbocycles. The average molecular weight is 388 g/mol. The molecule has 0 aliphatic heterocycles. The minimum atomic E-state index is -3.77. The van der Waals surface area contributed by atoms with Crippen LogP contribution in [-0.4, -0.2) is 19.3 Å². The minimum Gasteiger partial charge on any atom is -0.397 e. The number of hydrogen-bond acceptors (Lipinski definition) is 6. The van der Waals surface area contributed by atoms with Crippen LogP contribution in [0.4, 0.5) is 11.4 Å². The predicted octanol–water partition coefficient (Wildman–Crippen LogP) is 2.27. The van der Waals surface area contributed by atoms with E-state index < -0.39 is 10.0 Å². The quantitative estimate of drug-likeness (QED) is 0.634. The lowest BCUT2D eigenvalue weighted by molar-refractivity contribution is 0.103. The molecule has 2 aromatic heterocycles. The molecule has 1 aromatic carbocycles. The van der Waals surface area contributed by atoms with Crippen molar-refractivity contribution in [1.82, 2.24) is 4.98 Å². The maximum absolute atomic E-state index is 12.6. The molecule has 0 spiro atoms. The lowest BCUT2D eigenvalue weighted by atomic mass is 10.1. The van der Waals surface area contributed by atoms with Gasteiger partial charge in [0.1, 0.15) is 9.71 Å². The number of nitrogens with two attached hydrogens (primary N) is 2. The molecule has 0 saturated carbocycles. The molecule has 4 rings (SSSR count). The van der Waals surface area contributed by atoms with E-state index in [-0.39, 0.29) is 10.8 Å². The van der Waals surface area contributed by atoms with Crippen LogP contribution in [0.2, 0.25) is 0 Å². The number of carbonyl (C=O) groups is 1. The lowest BCUT2D eigenvalue weighted by Gasteiger charge is -2.05. The van der Waals surface area contributed by atoms with E-state index in [1.54, 1.807) is 0 Å². The highest BCUT2D eigenvalue weighted by Crippen LogP contribution is 2.36. The summed E-state index contributed by atoms with van der Waals surface area (Å²) in [5, 5.41) is 8.60. The normalized spacial score (nSPS) is 13.7. The summed E-state index contributed by atoms with van der Waals surface area (Å²) in [5.41, 5.74) is 9.35. The zero-order chi connectivity index (χ0) is 18.5. The zero-order valence-corrected chi connectivity index (χ0v) is 15.3. The van der Waals surface area contributed by atoms with Crippen LogP contribution in [0.25, 0.3) is 10.2 Å². The van der Waals surface area contributed by atoms with Crippen molar-refractivity contribution in [2.45, 2.75) is 24.2 Å². The second kappa shape index (κ2) is 6.04. The van der Waals surface area contributed by atoms with Crippen LogP contribution in [0, 0.1) is 0 Å². The van der Waals surface area contributed by atoms with Crippen molar-refractivity contribution in [3.05, 3.63) is 46.5 Å². The summed E-state index contributed by atoms with van der Waals surface area (Å²) in [6.45, 7) is 0. The molecule has 7 nitrogen and oxygen atoms in total. The van der Waals surface area contributed by atoms with Gasteiger partial charge >= 0.3 is 0 Å². The molecule has 0 radical (unpaired) electrons. The van der Waals surface area contributed by atoms with E-state index in [0.29, 0.717) is 16.3 Å². The van der Waals surface area contributed by atoms with E-state index in [2.05, 4.69) is 10.3 Å². The van der Waals surface area contributed by atoms with Gasteiger partial charge in [0.05, 0.1) is 10.6 Å². The van der Waals surface area contributed by atoms with E-state index in [0.717, 1.165) is 35.2 Å². The molecule has 2 heterocycles. The number of rotatable bonds is 3. The molecule has 1 aliphatic rings. The van der Waals surface area contributed by atoms with Gasteiger partial charge in [0.25, 0.3) is 5.91 Å². The van der Waals surface area contributed by atoms with Crippen molar-refractivity contribution in [3.8, 4) is 0 Å². The Labute approximate surface area is 154 Å². The van der Waals surface area contributed by atoms with Gasteiger partial charge < -0.3 is 11.1 Å². The molecule has 0 unspecified atom stereocenters. The van der Waals surface area contributed by atoms with Gasteiger partial charge in [-0.3, -0.25) is 4.79 Å². The third-order valence-corrected chi connectivity index (χ3v) is 6.44. The lowest BCUT2D eigenvalue weighted by Crippen LogP contribution is -2.13. The number of amides is 1. The molecule has 0 fully saturated rings. The van der Waals surface area contributed by atoms with Gasteiger partial charge in [0.2, 0.25) is 10.0 Å². The highest BCUT2D eigenvalue weighted by Gasteiger charge is 2.21. The fourth-order valence-electron chi connectivity index (χ4n) is 3.08. The summed E-state index contributed by atoms with van der Waals surface area (Å²) in [6.07, 6.45) is 3.05. The van der Waals surface area contributed by atoms with E-state index in [1.165, 1.54) is 41.2 Å². The van der Waals surface area contributed by atoms with Gasteiger partial charge in [-0.15, -0.1) is 11.3 Å². The largest absolute Gasteiger partial charge is 0.397 e. The Bertz CT molecular complexity index is 1140. The van der Waals surface area contributed by atoms with E-state index >= 15 is 0 Å². The molecule has 3 aromatic rings. The van der Waals surface area contributed by atoms with E-state index in [4.69, 9.17) is 10.9 Å². The minimum absolute atomic E-state index is 0.0180. The van der Waals surface area contributed by atoms with Crippen molar-refractivity contribution < 1.29 is 13.2 Å². The first kappa shape index (κ1) is 17.0. The molecule has 0 bridgehead atoms. The number of thiophene rings is 1. The number of nitrogens with one attached hydrogen (secondary N) is 1. The Balaban J connectivity index is 1.63. The van der Waals surface area contributed by atoms with Crippen LogP contribution in [0.3, 0.4) is 0 Å². The van der Waals surface area contributed by atoms with E-state index in [1.807, 2.05) is 6.07 Å². The maximum Gasteiger partial charge on any atom is 0.267 e. The second-order valence-electron chi connectivity index (χ2n) is 6.17. The van der Waals surface area contributed by atoms with Gasteiger partial charge in [0.15, 0.2) is 0 Å². The topological polar surface area (TPSA) is 128 Å². The van der Waals surface area contributed by atoms with Gasteiger partial charge in [0, 0.05) is 16.8 Å². The smallest absolute Gasteiger partial charge is 0.267 e. The molecular weight excluding hydrogens is 372 g/mol. The molecular formula is C17H16N4O3S2. The summed E-state index contributed by atoms with van der Waals surface area (Å²) in [6, 6.07) is 7.67. The van der Waals surface area contributed by atoms with Crippen LogP contribution in [0.5, 0.6) is 0 Å². The Morgan fingerprint density at radius 2 is 1.92 bits per heavy atom. The van der Waals surface area contributed by atoms with Gasteiger partial charge in [-0.1, -0.05) is 0 Å². The number of aromatic nitrogens is 1. The number of nitrogens with zero attached hydrogens (tertiary/aromatic N) is 1. The fourth-order valence-corrected chi connectivity index (χ4v) is 4.59. The number of nitrogen functional groups attached to an aromatic ring is 1. The highest BCUT2D eigenvalue weighted by molar-refractivity contribution is 7.89. The SMILES string of the molecule is Nc1c(C(=O)Nc2ccc(S(N)(=O)=O)cc2)sc2nc3c(cc12)CCC3. The number of hydrogen-bond donors (Lipinski definition) is 3. The molecule has 9 heteroatoms. The number of carbonyl (C=O) groups excluding carboxylic acids is 1. The first-order valence-electron chi connectivity index (χ1n) is 7.98. The molecule has 5 N–H and O–H groups in total. The van der Waals surface area contributed by atoms with Crippen LogP contribution >= 0.6 is 11.3 Å². The monoisotopic (exact) mass is 388 g/mol. The number of pyridine rings is 1. The number of benzene rings is 1. The van der Waals surface area contributed by atoms with Crippen LogP contribution in [0.1, 0.15) is 27.3 Å². The van der Waals surface area contributed by atoms with Crippen molar-refractivity contribution in [3.63, 3.8) is 0 Å².